The summed E-state index contributed by atoms with van der Waals surface area (Å²) in [5.41, 5.74) is 2.60. The van der Waals surface area contributed by atoms with Crippen LogP contribution in [0.3, 0.4) is 0 Å². The average Bonchev–Trinajstić information content (AvgIpc) is 2.16. The minimum Gasteiger partial charge on any atom is -0.547 e. The molecule has 0 amide bonds. The standard InChI is InChI=1S/C14H22OSi/c1-12(2)14(15-16(3,4)5)11-13-9-7-6-8-10-13/h6-10H,11H2,1-5H3. The van der Waals surface area contributed by atoms with Crippen LogP contribution in [0.1, 0.15) is 19.4 Å². The lowest BCUT2D eigenvalue weighted by Gasteiger charge is -2.23. The summed E-state index contributed by atoms with van der Waals surface area (Å²) in [6, 6.07) is 10.5. The van der Waals surface area contributed by atoms with E-state index in [1.165, 1.54) is 11.1 Å². The predicted molar refractivity (Wildman–Crippen MR) is 73.0 cm³/mol. The lowest BCUT2D eigenvalue weighted by Crippen LogP contribution is -2.25. The van der Waals surface area contributed by atoms with Crippen molar-refractivity contribution in [1.29, 1.82) is 0 Å². The predicted octanol–water partition coefficient (Wildman–Crippen LogP) is 4.37. The van der Waals surface area contributed by atoms with E-state index in [1.54, 1.807) is 0 Å². The van der Waals surface area contributed by atoms with Gasteiger partial charge in [-0.25, -0.2) is 0 Å². The van der Waals surface area contributed by atoms with Crippen molar-refractivity contribution < 1.29 is 4.43 Å². The second kappa shape index (κ2) is 5.35. The molecule has 0 aromatic heterocycles. The van der Waals surface area contributed by atoms with E-state index < -0.39 is 8.32 Å². The molecular formula is C14H22OSi. The third kappa shape index (κ3) is 4.66. The van der Waals surface area contributed by atoms with Crippen LogP contribution >= 0.6 is 0 Å². The van der Waals surface area contributed by atoms with Gasteiger partial charge in [0.15, 0.2) is 0 Å². The van der Waals surface area contributed by atoms with Gasteiger partial charge < -0.3 is 4.43 Å². The molecule has 2 heteroatoms. The Kier molecular flexibility index (Phi) is 4.36. The Balaban J connectivity index is 2.79. The summed E-state index contributed by atoms with van der Waals surface area (Å²) in [6.45, 7) is 10.9. The Morgan fingerprint density at radius 3 is 2.06 bits per heavy atom. The quantitative estimate of drug-likeness (QED) is 0.555. The van der Waals surface area contributed by atoms with Gasteiger partial charge >= 0.3 is 0 Å². The molecule has 0 aliphatic heterocycles. The Hall–Kier alpha value is -1.02. The second-order valence-corrected chi connectivity index (χ2v) is 9.73. The van der Waals surface area contributed by atoms with E-state index in [0.29, 0.717) is 0 Å². The number of allylic oxidation sites excluding steroid dienone is 2. The van der Waals surface area contributed by atoms with Gasteiger partial charge in [-0.15, -0.1) is 0 Å². The molecule has 0 aliphatic rings. The summed E-state index contributed by atoms with van der Waals surface area (Å²) in [6.07, 6.45) is 0.910. The van der Waals surface area contributed by atoms with E-state index in [-0.39, 0.29) is 0 Å². The SMILES string of the molecule is CC(C)=C(Cc1ccccc1)O[Si](C)(C)C. The second-order valence-electron chi connectivity index (χ2n) is 5.30. The zero-order valence-corrected chi connectivity index (χ0v) is 12.0. The van der Waals surface area contributed by atoms with Gasteiger partial charge in [-0.05, 0) is 44.6 Å². The summed E-state index contributed by atoms with van der Waals surface area (Å²) >= 11 is 0. The molecule has 0 atom stereocenters. The molecule has 1 rings (SSSR count). The van der Waals surface area contributed by atoms with Crippen LogP contribution in [0.2, 0.25) is 19.6 Å². The summed E-state index contributed by atoms with van der Waals surface area (Å²) in [5.74, 6) is 1.14. The number of hydrogen-bond donors (Lipinski definition) is 0. The van der Waals surface area contributed by atoms with Crippen molar-refractivity contribution in [3.8, 4) is 0 Å². The van der Waals surface area contributed by atoms with Crippen LogP contribution in [0.15, 0.2) is 41.7 Å². The molecule has 0 radical (unpaired) electrons. The van der Waals surface area contributed by atoms with Gasteiger partial charge in [0.1, 0.15) is 0 Å². The average molecular weight is 234 g/mol. The van der Waals surface area contributed by atoms with E-state index in [2.05, 4.69) is 57.8 Å². The largest absolute Gasteiger partial charge is 0.547 e. The maximum absolute atomic E-state index is 6.12. The Morgan fingerprint density at radius 1 is 1.06 bits per heavy atom. The van der Waals surface area contributed by atoms with E-state index in [0.717, 1.165) is 12.2 Å². The van der Waals surface area contributed by atoms with E-state index in [4.69, 9.17) is 4.43 Å². The number of hydrogen-bond acceptors (Lipinski definition) is 1. The van der Waals surface area contributed by atoms with Crippen LogP contribution in [-0.4, -0.2) is 8.32 Å². The van der Waals surface area contributed by atoms with Gasteiger partial charge in [0.25, 0.3) is 0 Å². The first-order valence-electron chi connectivity index (χ1n) is 5.78. The summed E-state index contributed by atoms with van der Waals surface area (Å²) in [5, 5.41) is 0. The highest BCUT2D eigenvalue weighted by Crippen LogP contribution is 2.18. The maximum atomic E-state index is 6.12. The van der Waals surface area contributed by atoms with Crippen molar-refractivity contribution in [1.82, 2.24) is 0 Å². The molecule has 0 aliphatic carbocycles. The Bertz CT molecular complexity index is 356. The highest BCUT2D eigenvalue weighted by molar-refractivity contribution is 6.70. The third-order valence-corrected chi connectivity index (χ3v) is 3.05. The van der Waals surface area contributed by atoms with Crippen molar-refractivity contribution >= 4 is 8.32 Å². The molecule has 0 saturated heterocycles. The van der Waals surface area contributed by atoms with Crippen molar-refractivity contribution in [2.24, 2.45) is 0 Å². The van der Waals surface area contributed by atoms with Crippen LogP contribution in [-0.2, 0) is 10.8 Å². The van der Waals surface area contributed by atoms with Crippen LogP contribution in [0.4, 0.5) is 0 Å². The first kappa shape index (κ1) is 13.0. The van der Waals surface area contributed by atoms with Crippen molar-refractivity contribution in [3.63, 3.8) is 0 Å². The van der Waals surface area contributed by atoms with E-state index in [9.17, 15) is 0 Å². The molecule has 1 aromatic carbocycles. The van der Waals surface area contributed by atoms with Gasteiger partial charge in [0.2, 0.25) is 8.32 Å². The number of benzene rings is 1. The molecule has 0 unspecified atom stereocenters. The third-order valence-electron chi connectivity index (χ3n) is 2.19. The molecule has 0 heterocycles. The lowest BCUT2D eigenvalue weighted by atomic mass is 10.1. The maximum Gasteiger partial charge on any atom is 0.241 e. The highest BCUT2D eigenvalue weighted by Gasteiger charge is 2.18. The Morgan fingerprint density at radius 2 is 1.62 bits per heavy atom. The fraction of sp³-hybridized carbons (Fsp3) is 0.429. The van der Waals surface area contributed by atoms with Crippen LogP contribution < -0.4 is 0 Å². The monoisotopic (exact) mass is 234 g/mol. The van der Waals surface area contributed by atoms with Crippen LogP contribution in [0, 0.1) is 0 Å². The molecule has 1 nitrogen and oxygen atoms in total. The first-order valence-corrected chi connectivity index (χ1v) is 9.18. The molecule has 0 fully saturated rings. The Labute approximate surface area is 100 Å². The zero-order chi connectivity index (χ0) is 12.2. The van der Waals surface area contributed by atoms with Gasteiger partial charge in [-0.2, -0.15) is 0 Å². The van der Waals surface area contributed by atoms with Crippen molar-refractivity contribution in [3.05, 3.63) is 47.2 Å². The van der Waals surface area contributed by atoms with E-state index in [1.807, 2.05) is 6.07 Å². The minimum atomic E-state index is -1.49. The topological polar surface area (TPSA) is 9.23 Å². The van der Waals surface area contributed by atoms with Crippen molar-refractivity contribution in [2.75, 3.05) is 0 Å². The van der Waals surface area contributed by atoms with Gasteiger partial charge in [0.05, 0.1) is 5.76 Å². The van der Waals surface area contributed by atoms with Crippen LogP contribution in [0.25, 0.3) is 0 Å². The van der Waals surface area contributed by atoms with E-state index >= 15 is 0 Å². The first-order chi connectivity index (χ1) is 7.38. The fourth-order valence-corrected chi connectivity index (χ4v) is 2.48. The van der Waals surface area contributed by atoms with Crippen molar-refractivity contribution in [2.45, 2.75) is 39.9 Å². The van der Waals surface area contributed by atoms with Gasteiger partial charge in [0, 0.05) is 6.42 Å². The molecule has 0 bridgehead atoms. The fourth-order valence-electron chi connectivity index (χ4n) is 1.47. The summed E-state index contributed by atoms with van der Waals surface area (Å²) < 4.78 is 6.12. The molecule has 16 heavy (non-hydrogen) atoms. The molecule has 88 valence electrons. The summed E-state index contributed by atoms with van der Waals surface area (Å²) in [7, 11) is -1.49. The molecule has 0 saturated carbocycles. The summed E-state index contributed by atoms with van der Waals surface area (Å²) in [4.78, 5) is 0. The normalized spacial score (nSPS) is 11.1. The minimum absolute atomic E-state index is 0.910. The van der Waals surface area contributed by atoms with Gasteiger partial charge in [-0.3, -0.25) is 0 Å². The molecular weight excluding hydrogens is 212 g/mol. The van der Waals surface area contributed by atoms with Gasteiger partial charge in [-0.1, -0.05) is 30.3 Å². The molecule has 1 aromatic rings. The molecule has 0 spiro atoms. The molecule has 0 N–H and O–H groups in total. The smallest absolute Gasteiger partial charge is 0.241 e. The van der Waals surface area contributed by atoms with Crippen LogP contribution in [0.5, 0.6) is 0 Å². The lowest BCUT2D eigenvalue weighted by molar-refractivity contribution is 0.402. The zero-order valence-electron chi connectivity index (χ0n) is 11.0. The number of rotatable bonds is 4. The highest BCUT2D eigenvalue weighted by atomic mass is 28.4.